The number of anilines is 1. The van der Waals surface area contributed by atoms with Gasteiger partial charge in [-0.25, -0.2) is 4.79 Å². The minimum absolute atomic E-state index is 0.0350. The Morgan fingerprint density at radius 1 is 1.19 bits per heavy atom. The standard InChI is InChI=1S/C23H30F3N3O3/c1-15(30)27-19-13-29(21(31)32)20-5-4-16(12-18(19)20)6-9-22(2,3)17-7-10-28(11-8-17)14-23(24,25)26/h4-5,12-13,17H,6-11,14H2,1-3H3,(H,27,30)(H,31,32). The van der Waals surface area contributed by atoms with Crippen LogP contribution in [0.4, 0.5) is 23.7 Å². The number of nitrogens with zero attached hydrogens (tertiary/aromatic N) is 2. The van der Waals surface area contributed by atoms with E-state index < -0.39 is 18.8 Å². The number of hydrogen-bond acceptors (Lipinski definition) is 3. The Morgan fingerprint density at radius 3 is 2.41 bits per heavy atom. The summed E-state index contributed by atoms with van der Waals surface area (Å²) in [5, 5.41) is 12.8. The minimum Gasteiger partial charge on any atom is -0.464 e. The molecule has 1 fully saturated rings. The molecule has 1 saturated heterocycles. The number of nitrogens with one attached hydrogen (secondary N) is 1. The van der Waals surface area contributed by atoms with Crippen LogP contribution in [0.2, 0.25) is 0 Å². The second-order valence-corrected chi connectivity index (χ2v) is 9.38. The van der Waals surface area contributed by atoms with E-state index in [2.05, 4.69) is 19.2 Å². The zero-order valence-corrected chi connectivity index (χ0v) is 18.6. The maximum absolute atomic E-state index is 12.6. The maximum Gasteiger partial charge on any atom is 0.416 e. The van der Waals surface area contributed by atoms with E-state index in [1.807, 2.05) is 12.1 Å². The van der Waals surface area contributed by atoms with Crippen molar-refractivity contribution in [1.29, 1.82) is 0 Å². The third-order valence-electron chi connectivity index (χ3n) is 6.54. The van der Waals surface area contributed by atoms with Crippen LogP contribution in [0, 0.1) is 11.3 Å². The van der Waals surface area contributed by atoms with E-state index >= 15 is 0 Å². The third kappa shape index (κ3) is 5.82. The van der Waals surface area contributed by atoms with E-state index in [0.717, 1.165) is 35.8 Å². The van der Waals surface area contributed by atoms with Crippen LogP contribution in [0.5, 0.6) is 0 Å². The van der Waals surface area contributed by atoms with Gasteiger partial charge < -0.3 is 10.4 Å². The molecule has 1 aliphatic heterocycles. The molecule has 0 aliphatic carbocycles. The summed E-state index contributed by atoms with van der Waals surface area (Å²) < 4.78 is 39.0. The van der Waals surface area contributed by atoms with Crippen molar-refractivity contribution in [2.24, 2.45) is 11.3 Å². The summed E-state index contributed by atoms with van der Waals surface area (Å²) in [7, 11) is 0. The van der Waals surface area contributed by atoms with Crippen LogP contribution in [0.25, 0.3) is 10.9 Å². The lowest BCUT2D eigenvalue weighted by atomic mass is 9.70. The fraction of sp³-hybridized carbons (Fsp3) is 0.565. The van der Waals surface area contributed by atoms with Crippen molar-refractivity contribution in [3.63, 3.8) is 0 Å². The van der Waals surface area contributed by atoms with Gasteiger partial charge in [-0.05, 0) is 67.8 Å². The van der Waals surface area contributed by atoms with Crippen molar-refractivity contribution in [1.82, 2.24) is 9.47 Å². The van der Waals surface area contributed by atoms with Gasteiger partial charge in [0.25, 0.3) is 0 Å². The van der Waals surface area contributed by atoms with Gasteiger partial charge in [-0.2, -0.15) is 13.2 Å². The first kappa shape index (κ1) is 24.1. The number of fused-ring (bicyclic) bond motifs is 1. The number of amides is 1. The van der Waals surface area contributed by atoms with Crippen LogP contribution >= 0.6 is 0 Å². The molecule has 2 aromatic rings. The van der Waals surface area contributed by atoms with Crippen LogP contribution < -0.4 is 5.32 Å². The van der Waals surface area contributed by atoms with E-state index in [4.69, 9.17) is 0 Å². The summed E-state index contributed by atoms with van der Waals surface area (Å²) in [6, 6.07) is 5.54. The van der Waals surface area contributed by atoms with Crippen molar-refractivity contribution in [3.8, 4) is 0 Å². The summed E-state index contributed by atoms with van der Waals surface area (Å²) in [5.41, 5.74) is 1.94. The molecular formula is C23H30F3N3O3. The maximum atomic E-state index is 12.6. The van der Waals surface area contributed by atoms with Gasteiger partial charge in [0.2, 0.25) is 5.91 Å². The number of aromatic nitrogens is 1. The Bertz CT molecular complexity index is 990. The number of piperidine rings is 1. The summed E-state index contributed by atoms with van der Waals surface area (Å²) >= 11 is 0. The van der Waals surface area contributed by atoms with Gasteiger partial charge in [0.1, 0.15) is 0 Å². The first-order valence-corrected chi connectivity index (χ1v) is 10.8. The molecule has 1 aromatic carbocycles. The molecule has 32 heavy (non-hydrogen) atoms. The lowest BCUT2D eigenvalue weighted by Gasteiger charge is -2.41. The summed E-state index contributed by atoms with van der Waals surface area (Å²) in [5.74, 6) is 0.0663. The van der Waals surface area contributed by atoms with Crippen LogP contribution in [-0.2, 0) is 11.2 Å². The van der Waals surface area contributed by atoms with E-state index in [-0.39, 0.29) is 11.3 Å². The molecule has 0 bridgehead atoms. The number of hydrogen-bond donors (Lipinski definition) is 2. The largest absolute Gasteiger partial charge is 0.464 e. The molecule has 1 aromatic heterocycles. The molecule has 1 amide bonds. The SMILES string of the molecule is CC(=O)Nc1cn(C(=O)O)c2ccc(CCC(C)(C)C3CCN(CC(F)(F)F)CC3)cc12. The predicted molar refractivity (Wildman–Crippen MR) is 117 cm³/mol. The van der Waals surface area contributed by atoms with E-state index in [1.54, 1.807) is 6.07 Å². The second kappa shape index (κ2) is 9.13. The van der Waals surface area contributed by atoms with Gasteiger partial charge >= 0.3 is 12.3 Å². The molecule has 6 nitrogen and oxygen atoms in total. The number of halogens is 3. The summed E-state index contributed by atoms with van der Waals surface area (Å²) in [6.07, 6.45) is -0.779. The predicted octanol–water partition coefficient (Wildman–Crippen LogP) is 5.36. The van der Waals surface area contributed by atoms with Crippen LogP contribution in [-0.4, -0.2) is 52.4 Å². The number of carbonyl (C=O) groups is 2. The normalized spacial score (nSPS) is 16.4. The number of alkyl halides is 3. The van der Waals surface area contributed by atoms with Gasteiger partial charge in [-0.15, -0.1) is 0 Å². The number of aryl methyl sites for hydroxylation is 1. The van der Waals surface area contributed by atoms with Crippen molar-refractivity contribution < 1.29 is 27.9 Å². The molecule has 176 valence electrons. The highest BCUT2D eigenvalue weighted by Crippen LogP contribution is 2.39. The molecule has 2 N–H and O–H groups in total. The number of carboxylic acid groups (broad SMARTS) is 1. The van der Waals surface area contributed by atoms with Gasteiger partial charge in [0, 0.05) is 18.5 Å². The Hall–Kier alpha value is -2.55. The highest BCUT2D eigenvalue weighted by molar-refractivity contribution is 6.04. The van der Waals surface area contributed by atoms with Crippen molar-refractivity contribution in [3.05, 3.63) is 30.0 Å². The average molecular weight is 454 g/mol. The van der Waals surface area contributed by atoms with Crippen molar-refractivity contribution >= 4 is 28.6 Å². The molecule has 3 rings (SSSR count). The highest BCUT2D eigenvalue weighted by Gasteiger charge is 2.36. The van der Waals surface area contributed by atoms with Crippen molar-refractivity contribution in [2.45, 2.75) is 52.6 Å². The van der Waals surface area contributed by atoms with Gasteiger partial charge in [-0.1, -0.05) is 19.9 Å². The van der Waals surface area contributed by atoms with Crippen LogP contribution in [0.3, 0.4) is 0 Å². The van der Waals surface area contributed by atoms with E-state index in [1.165, 1.54) is 18.0 Å². The Kier molecular flexibility index (Phi) is 6.88. The monoisotopic (exact) mass is 453 g/mol. The summed E-state index contributed by atoms with van der Waals surface area (Å²) in [6.45, 7) is 5.78. The fourth-order valence-corrected chi connectivity index (χ4v) is 4.68. The molecule has 0 unspecified atom stereocenters. The van der Waals surface area contributed by atoms with Gasteiger partial charge in [0.05, 0.1) is 17.7 Å². The van der Waals surface area contributed by atoms with Gasteiger partial charge in [0.15, 0.2) is 0 Å². The second-order valence-electron chi connectivity index (χ2n) is 9.38. The number of benzene rings is 1. The Morgan fingerprint density at radius 2 is 1.84 bits per heavy atom. The lowest BCUT2D eigenvalue weighted by molar-refractivity contribution is -0.149. The molecule has 2 heterocycles. The zero-order chi connectivity index (χ0) is 23.7. The Labute approximate surface area is 185 Å². The van der Waals surface area contributed by atoms with Gasteiger partial charge in [-0.3, -0.25) is 14.3 Å². The van der Waals surface area contributed by atoms with E-state index in [0.29, 0.717) is 35.6 Å². The quantitative estimate of drug-likeness (QED) is 0.618. The molecule has 9 heteroatoms. The number of likely N-dealkylation sites (tertiary alicyclic amines) is 1. The highest BCUT2D eigenvalue weighted by atomic mass is 19.4. The fourth-order valence-electron chi connectivity index (χ4n) is 4.68. The molecule has 0 saturated carbocycles. The van der Waals surface area contributed by atoms with Crippen molar-refractivity contribution in [2.75, 3.05) is 25.0 Å². The number of rotatable bonds is 6. The zero-order valence-electron chi connectivity index (χ0n) is 18.6. The number of carbonyl (C=O) groups excluding carboxylic acids is 1. The van der Waals surface area contributed by atoms with E-state index in [9.17, 15) is 27.9 Å². The molecule has 0 spiro atoms. The lowest BCUT2D eigenvalue weighted by Crippen LogP contribution is -2.43. The third-order valence-corrected chi connectivity index (χ3v) is 6.54. The summed E-state index contributed by atoms with van der Waals surface area (Å²) in [4.78, 5) is 24.5. The molecular weight excluding hydrogens is 423 g/mol. The first-order valence-electron chi connectivity index (χ1n) is 10.8. The smallest absolute Gasteiger partial charge is 0.416 e. The molecule has 1 aliphatic rings. The minimum atomic E-state index is -4.16. The molecule has 0 radical (unpaired) electrons. The Balaban J connectivity index is 1.68. The first-order chi connectivity index (χ1) is 14.9. The van der Waals surface area contributed by atoms with Crippen LogP contribution in [0.1, 0.15) is 45.6 Å². The molecule has 0 atom stereocenters. The average Bonchev–Trinajstić information content (AvgIpc) is 3.03. The van der Waals surface area contributed by atoms with Crippen LogP contribution in [0.15, 0.2) is 24.4 Å². The topological polar surface area (TPSA) is 74.6 Å².